The molecule has 3 rings (SSSR count). The van der Waals surface area contributed by atoms with Gasteiger partial charge < -0.3 is 19.3 Å². The second kappa shape index (κ2) is 9.60. The molecule has 1 heterocycles. The predicted molar refractivity (Wildman–Crippen MR) is 104 cm³/mol. The van der Waals surface area contributed by atoms with E-state index in [-0.39, 0.29) is 0 Å². The van der Waals surface area contributed by atoms with Crippen LogP contribution < -0.4 is 19.3 Å². The lowest BCUT2D eigenvalue weighted by atomic mass is 10.1. The minimum Gasteiger partial charge on any atom is -0.493 e. The molecule has 140 valence electrons. The molecule has 26 heavy (non-hydrogen) atoms. The van der Waals surface area contributed by atoms with Gasteiger partial charge in [0.15, 0.2) is 11.5 Å². The molecule has 0 saturated carbocycles. The summed E-state index contributed by atoms with van der Waals surface area (Å²) in [5, 5.41) is 0. The van der Waals surface area contributed by atoms with Crippen LogP contribution >= 0.6 is 0 Å². The fourth-order valence-electron chi connectivity index (χ4n) is 3.85. The fourth-order valence-corrected chi connectivity index (χ4v) is 3.85. The Kier molecular flexibility index (Phi) is 6.92. The van der Waals surface area contributed by atoms with Crippen molar-refractivity contribution in [3.05, 3.63) is 59.7 Å². The van der Waals surface area contributed by atoms with Crippen molar-refractivity contribution in [3.8, 4) is 11.5 Å². The molecule has 0 aliphatic carbocycles. The highest BCUT2D eigenvalue weighted by Gasteiger charge is 2.23. The maximum absolute atomic E-state index is 5.43. The van der Waals surface area contributed by atoms with E-state index < -0.39 is 0 Å². The summed E-state index contributed by atoms with van der Waals surface area (Å²) in [6.45, 7) is 7.40. The van der Waals surface area contributed by atoms with Crippen LogP contribution in [0, 0.1) is 0 Å². The van der Waals surface area contributed by atoms with Gasteiger partial charge in [-0.3, -0.25) is 0 Å². The molecule has 1 aliphatic rings. The zero-order valence-electron chi connectivity index (χ0n) is 16.1. The van der Waals surface area contributed by atoms with E-state index in [4.69, 9.17) is 9.47 Å². The first-order chi connectivity index (χ1) is 12.8. The first-order valence-electron chi connectivity index (χ1n) is 9.70. The van der Waals surface area contributed by atoms with Crippen molar-refractivity contribution < 1.29 is 19.3 Å². The van der Waals surface area contributed by atoms with Gasteiger partial charge in [-0.2, -0.15) is 0 Å². The number of hydrogen-bond donors (Lipinski definition) is 2. The highest BCUT2D eigenvalue weighted by Crippen LogP contribution is 2.27. The molecule has 4 heteroatoms. The third-order valence-corrected chi connectivity index (χ3v) is 5.40. The van der Waals surface area contributed by atoms with E-state index >= 15 is 0 Å². The number of ether oxygens (including phenoxy) is 2. The van der Waals surface area contributed by atoms with Gasteiger partial charge in [0.25, 0.3) is 0 Å². The molecular weight excluding hydrogens is 324 g/mol. The van der Waals surface area contributed by atoms with Gasteiger partial charge in [0.05, 0.1) is 20.8 Å². The lowest BCUT2D eigenvalue weighted by Crippen LogP contribution is -3.27. The summed E-state index contributed by atoms with van der Waals surface area (Å²) in [5.41, 5.74) is 2.79. The van der Waals surface area contributed by atoms with Crippen LogP contribution in [0.2, 0.25) is 0 Å². The molecule has 0 amide bonds. The molecular formula is C22H32N2O2+2. The van der Waals surface area contributed by atoms with Crippen LogP contribution in [0.15, 0.2) is 48.5 Å². The number of piperazine rings is 1. The molecule has 2 aromatic rings. The Labute approximate surface area is 157 Å². The SMILES string of the molecule is COc1ccc(C[NH+]2CC[NH+](CCCc3ccccc3)CC2)cc1OC. The van der Waals surface area contributed by atoms with Crippen LogP contribution in [0.1, 0.15) is 17.5 Å². The van der Waals surface area contributed by atoms with Crippen LogP contribution in [0.3, 0.4) is 0 Å². The standard InChI is InChI=1S/C22H30N2O2/c1-25-21-11-10-20(17-22(21)26-2)18-24-15-13-23(14-16-24)12-6-9-19-7-4-3-5-8-19/h3-5,7-8,10-11,17H,6,9,12-16,18H2,1-2H3/p+2. The lowest BCUT2D eigenvalue weighted by Gasteiger charge is -2.30. The Hall–Kier alpha value is -2.04. The summed E-state index contributed by atoms with van der Waals surface area (Å²) in [6.07, 6.45) is 2.48. The normalized spacial score (nSPS) is 19.9. The average molecular weight is 357 g/mol. The van der Waals surface area contributed by atoms with E-state index in [0.29, 0.717) is 0 Å². The van der Waals surface area contributed by atoms with Crippen LogP contribution in [-0.2, 0) is 13.0 Å². The van der Waals surface area contributed by atoms with Crippen LogP contribution in [0.25, 0.3) is 0 Å². The molecule has 0 aromatic heterocycles. The zero-order valence-corrected chi connectivity index (χ0v) is 16.1. The zero-order chi connectivity index (χ0) is 18.2. The van der Waals surface area contributed by atoms with Gasteiger partial charge in [0.2, 0.25) is 0 Å². The van der Waals surface area contributed by atoms with Crippen molar-refractivity contribution in [3.63, 3.8) is 0 Å². The van der Waals surface area contributed by atoms with Gasteiger partial charge in [-0.25, -0.2) is 0 Å². The number of quaternary nitrogens is 2. The molecule has 1 fully saturated rings. The van der Waals surface area contributed by atoms with Crippen molar-refractivity contribution in [1.82, 2.24) is 0 Å². The topological polar surface area (TPSA) is 27.3 Å². The van der Waals surface area contributed by atoms with Crippen molar-refractivity contribution in [1.29, 1.82) is 0 Å². The third-order valence-electron chi connectivity index (χ3n) is 5.40. The van der Waals surface area contributed by atoms with Crippen LogP contribution in [-0.4, -0.2) is 46.9 Å². The lowest BCUT2D eigenvalue weighted by molar-refractivity contribution is -1.02. The molecule has 2 N–H and O–H groups in total. The van der Waals surface area contributed by atoms with Crippen molar-refractivity contribution >= 4 is 0 Å². The maximum Gasteiger partial charge on any atom is 0.161 e. The summed E-state index contributed by atoms with van der Waals surface area (Å²) in [5.74, 6) is 1.63. The summed E-state index contributed by atoms with van der Waals surface area (Å²) in [6, 6.07) is 17.1. The van der Waals surface area contributed by atoms with Crippen molar-refractivity contribution in [2.45, 2.75) is 19.4 Å². The van der Waals surface area contributed by atoms with Gasteiger partial charge in [-0.15, -0.1) is 0 Å². The van der Waals surface area contributed by atoms with Gasteiger partial charge in [0.1, 0.15) is 32.7 Å². The fraction of sp³-hybridized carbons (Fsp3) is 0.455. The summed E-state index contributed by atoms with van der Waals surface area (Å²) in [7, 11) is 3.38. The number of nitrogens with one attached hydrogen (secondary N) is 2. The number of benzene rings is 2. The minimum absolute atomic E-state index is 0.805. The molecule has 0 radical (unpaired) electrons. The number of methoxy groups -OCH3 is 2. The first kappa shape index (κ1) is 18.7. The number of hydrogen-bond acceptors (Lipinski definition) is 2. The molecule has 0 bridgehead atoms. The molecule has 0 unspecified atom stereocenters. The molecule has 0 atom stereocenters. The Morgan fingerprint density at radius 2 is 1.46 bits per heavy atom. The highest BCUT2D eigenvalue weighted by atomic mass is 16.5. The quantitative estimate of drug-likeness (QED) is 0.726. The van der Waals surface area contributed by atoms with Gasteiger partial charge in [-0.1, -0.05) is 30.3 Å². The number of rotatable bonds is 8. The molecule has 1 saturated heterocycles. The minimum atomic E-state index is 0.805. The van der Waals surface area contributed by atoms with E-state index in [9.17, 15) is 0 Å². The van der Waals surface area contributed by atoms with Gasteiger partial charge in [-0.05, 0) is 30.2 Å². The van der Waals surface area contributed by atoms with E-state index in [1.54, 1.807) is 24.0 Å². The van der Waals surface area contributed by atoms with Crippen LogP contribution in [0.4, 0.5) is 0 Å². The largest absolute Gasteiger partial charge is 0.493 e. The summed E-state index contributed by atoms with van der Waals surface area (Å²) >= 11 is 0. The monoisotopic (exact) mass is 356 g/mol. The second-order valence-corrected chi connectivity index (χ2v) is 7.21. The van der Waals surface area contributed by atoms with Crippen molar-refractivity contribution in [2.75, 3.05) is 46.9 Å². The van der Waals surface area contributed by atoms with E-state index in [1.165, 1.54) is 56.7 Å². The number of aryl methyl sites for hydroxylation is 1. The highest BCUT2D eigenvalue weighted by molar-refractivity contribution is 5.42. The smallest absolute Gasteiger partial charge is 0.161 e. The molecule has 0 spiro atoms. The molecule has 2 aromatic carbocycles. The Morgan fingerprint density at radius 3 is 2.15 bits per heavy atom. The van der Waals surface area contributed by atoms with Crippen LogP contribution in [0.5, 0.6) is 11.5 Å². The summed E-state index contributed by atoms with van der Waals surface area (Å²) in [4.78, 5) is 3.43. The van der Waals surface area contributed by atoms with E-state index in [1.807, 2.05) is 6.07 Å². The average Bonchev–Trinajstić information content (AvgIpc) is 2.70. The Balaban J connectivity index is 1.41. The second-order valence-electron chi connectivity index (χ2n) is 7.21. The Morgan fingerprint density at radius 1 is 0.769 bits per heavy atom. The maximum atomic E-state index is 5.43. The van der Waals surface area contributed by atoms with E-state index in [0.717, 1.165) is 18.0 Å². The third kappa shape index (κ3) is 5.23. The van der Waals surface area contributed by atoms with Gasteiger partial charge in [0, 0.05) is 12.0 Å². The van der Waals surface area contributed by atoms with E-state index in [2.05, 4.69) is 42.5 Å². The molecule has 1 aliphatic heterocycles. The summed E-state index contributed by atoms with van der Waals surface area (Å²) < 4.78 is 10.8. The predicted octanol–water partition coefficient (Wildman–Crippen LogP) is 0.620. The van der Waals surface area contributed by atoms with Gasteiger partial charge >= 0.3 is 0 Å². The first-order valence-corrected chi connectivity index (χ1v) is 9.70. The van der Waals surface area contributed by atoms with Crippen molar-refractivity contribution in [2.24, 2.45) is 0 Å². The Bertz CT molecular complexity index is 667. The molecule has 4 nitrogen and oxygen atoms in total.